The van der Waals surface area contributed by atoms with Crippen LogP contribution in [-0.2, 0) is 29.2 Å². The van der Waals surface area contributed by atoms with Crippen LogP contribution in [0, 0.1) is 28.6 Å². The monoisotopic (exact) mass is 704 g/mol. The molecule has 6 aliphatic rings. The number of fused-ring (bicyclic) bond motifs is 1. The Morgan fingerprint density at radius 2 is 1.55 bits per heavy atom. The molecule has 0 aromatic rings. The third kappa shape index (κ3) is 7.79. The molecule has 5 atom stereocenters. The van der Waals surface area contributed by atoms with Crippen molar-refractivity contribution >= 4 is 39.6 Å². The molecular formula is C35H56N6O7S. The first-order valence-corrected chi connectivity index (χ1v) is 20.0. The number of ketones is 1. The number of hydrogen-bond donors (Lipinski definition) is 4. The first-order chi connectivity index (χ1) is 22.9. The zero-order chi connectivity index (χ0) is 35.5. The molecule has 2 heterocycles. The van der Waals surface area contributed by atoms with Gasteiger partial charge in [-0.25, -0.2) is 17.5 Å². The quantitative estimate of drug-likeness (QED) is 0.212. The highest BCUT2D eigenvalue weighted by Gasteiger charge is 2.70. The Kier molecular flexibility index (Phi) is 9.64. The Morgan fingerprint density at radius 3 is 2.10 bits per heavy atom. The van der Waals surface area contributed by atoms with E-state index in [4.69, 9.17) is 0 Å². The molecule has 0 bridgehead atoms. The van der Waals surface area contributed by atoms with E-state index >= 15 is 0 Å². The van der Waals surface area contributed by atoms with E-state index in [1.165, 1.54) is 4.31 Å². The normalized spacial score (nSPS) is 28.7. The van der Waals surface area contributed by atoms with Crippen molar-refractivity contribution in [2.75, 3.05) is 25.4 Å². The molecule has 4 saturated carbocycles. The summed E-state index contributed by atoms with van der Waals surface area (Å²) >= 11 is 0. The maximum Gasteiger partial charge on any atom is 0.315 e. The molecule has 0 radical (unpaired) electrons. The molecule has 2 aliphatic heterocycles. The van der Waals surface area contributed by atoms with Crippen LogP contribution in [-0.4, -0.2) is 102 Å². The van der Waals surface area contributed by atoms with Crippen LogP contribution < -0.4 is 21.3 Å². The van der Waals surface area contributed by atoms with Crippen LogP contribution in [0.2, 0.25) is 0 Å². The molecule has 274 valence electrons. The van der Waals surface area contributed by atoms with Gasteiger partial charge in [-0.1, -0.05) is 66.7 Å². The van der Waals surface area contributed by atoms with E-state index < -0.39 is 68.6 Å². The summed E-state index contributed by atoms with van der Waals surface area (Å²) in [5.41, 5.74) is -1.86. The molecule has 0 aromatic heterocycles. The average Bonchev–Trinajstić information content (AvgIpc) is 3.93. The maximum absolute atomic E-state index is 14.5. The molecule has 4 N–H and O–H groups in total. The largest absolute Gasteiger partial charge is 0.347 e. The summed E-state index contributed by atoms with van der Waals surface area (Å²) in [5.74, 6) is -2.10. The Morgan fingerprint density at radius 1 is 0.898 bits per heavy atom. The topological polar surface area (TPSA) is 174 Å². The van der Waals surface area contributed by atoms with E-state index in [1.807, 2.05) is 20.8 Å². The number of carbonyl (C=O) groups is 5. The molecule has 0 aromatic carbocycles. The lowest BCUT2D eigenvalue weighted by Crippen LogP contribution is -2.64. The lowest BCUT2D eigenvalue weighted by Gasteiger charge is -2.42. The minimum Gasteiger partial charge on any atom is -0.347 e. The number of nitrogens with zero attached hydrogens (tertiary/aromatic N) is 2. The fourth-order valence-electron chi connectivity index (χ4n) is 8.39. The maximum atomic E-state index is 14.5. The molecule has 6 fully saturated rings. The Bertz CT molecular complexity index is 1460. The molecule has 13 nitrogen and oxygen atoms in total. The summed E-state index contributed by atoms with van der Waals surface area (Å²) in [4.78, 5) is 69.9. The number of sulfonamides is 1. The highest BCUT2D eigenvalue weighted by Crippen LogP contribution is 2.65. The van der Waals surface area contributed by atoms with Gasteiger partial charge < -0.3 is 26.2 Å². The van der Waals surface area contributed by atoms with Crippen LogP contribution >= 0.6 is 0 Å². The van der Waals surface area contributed by atoms with Crippen molar-refractivity contribution in [1.82, 2.24) is 30.5 Å². The van der Waals surface area contributed by atoms with Gasteiger partial charge in [-0.15, -0.1) is 0 Å². The summed E-state index contributed by atoms with van der Waals surface area (Å²) in [5, 5.41) is 11.6. The van der Waals surface area contributed by atoms with Gasteiger partial charge in [0.1, 0.15) is 12.1 Å². The van der Waals surface area contributed by atoms with Crippen molar-refractivity contribution in [1.29, 1.82) is 0 Å². The summed E-state index contributed by atoms with van der Waals surface area (Å²) in [6, 6.07) is -3.41. The van der Waals surface area contributed by atoms with Gasteiger partial charge >= 0.3 is 6.03 Å². The van der Waals surface area contributed by atoms with Crippen LogP contribution in [0.4, 0.5) is 4.79 Å². The Hall–Kier alpha value is -2.74. The third-order valence-corrected chi connectivity index (χ3v) is 14.1. The number of hydrogen-bond acceptors (Lipinski definition) is 7. The Balaban J connectivity index is 1.18. The van der Waals surface area contributed by atoms with Crippen LogP contribution in [0.3, 0.4) is 0 Å². The van der Waals surface area contributed by atoms with Gasteiger partial charge in [0, 0.05) is 25.7 Å². The first kappa shape index (κ1) is 36.1. The Labute approximate surface area is 290 Å². The standard InChI is InChI=1S/C35H56N6O7S/c1-33(2,3)28(38-32(46)39-35(14-7-6-8-15-35)20-49(47,48)40-16-9-17-40)31(45)41-19-23-25(34(23,4)5)26(41)29(43)37-24(18-21-10-11-21)27(42)30(44)36-22-12-13-22/h21-26,28H,6-20H2,1-5H3,(H,36,44)(H,37,43)(H2,38,39,46)/t23-,24-,25-,26-,28+/m0/s1. The van der Waals surface area contributed by atoms with Gasteiger partial charge in [-0.05, 0) is 67.1 Å². The predicted molar refractivity (Wildman–Crippen MR) is 182 cm³/mol. The SMILES string of the molecule is CC(C)(C)[C@H](NC(=O)NC1(CS(=O)(=O)N2CCC2)CCCCC1)C(=O)N1C[C@H]2[C@@H]([C@H]1C(=O)N[C@@H](CC1CC1)C(=O)C(=O)NC1CC1)C2(C)C. The second-order valence-electron chi connectivity index (χ2n) is 17.5. The molecule has 4 aliphatic carbocycles. The highest BCUT2D eigenvalue weighted by atomic mass is 32.2. The average molecular weight is 705 g/mol. The van der Waals surface area contributed by atoms with E-state index in [9.17, 15) is 32.4 Å². The van der Waals surface area contributed by atoms with Crippen LogP contribution in [0.1, 0.15) is 105 Å². The van der Waals surface area contributed by atoms with Crippen LogP contribution in [0.5, 0.6) is 0 Å². The molecular weight excluding hydrogens is 648 g/mol. The van der Waals surface area contributed by atoms with Crippen molar-refractivity contribution < 1.29 is 32.4 Å². The number of amides is 5. The lowest BCUT2D eigenvalue weighted by molar-refractivity contribution is -0.145. The second-order valence-corrected chi connectivity index (χ2v) is 19.5. The highest BCUT2D eigenvalue weighted by molar-refractivity contribution is 7.89. The van der Waals surface area contributed by atoms with Gasteiger partial charge in [-0.3, -0.25) is 19.2 Å². The predicted octanol–water partition coefficient (Wildman–Crippen LogP) is 2.05. The fraction of sp³-hybridized carbons (Fsp3) is 0.857. The second kappa shape index (κ2) is 13.1. The van der Waals surface area contributed by atoms with Crippen molar-refractivity contribution in [3.63, 3.8) is 0 Å². The summed E-state index contributed by atoms with van der Waals surface area (Å²) in [7, 11) is -3.55. The smallest absolute Gasteiger partial charge is 0.315 e. The van der Waals surface area contributed by atoms with Crippen molar-refractivity contribution in [3.8, 4) is 0 Å². The number of piperidine rings is 1. The number of carbonyl (C=O) groups excluding carboxylic acids is 5. The van der Waals surface area contributed by atoms with Crippen molar-refractivity contribution in [2.24, 2.45) is 28.6 Å². The number of rotatable bonds is 13. The minimum atomic E-state index is -3.55. The van der Waals surface area contributed by atoms with Gasteiger partial charge in [0.05, 0.1) is 17.3 Å². The molecule has 2 saturated heterocycles. The minimum absolute atomic E-state index is 0.0154. The molecule has 49 heavy (non-hydrogen) atoms. The van der Waals surface area contributed by atoms with Crippen molar-refractivity contribution in [3.05, 3.63) is 0 Å². The summed E-state index contributed by atoms with van der Waals surface area (Å²) in [6.45, 7) is 11.0. The molecule has 5 amide bonds. The van der Waals surface area contributed by atoms with Gasteiger partial charge in [0.25, 0.3) is 5.91 Å². The fourth-order valence-corrected chi connectivity index (χ4v) is 10.4. The number of urea groups is 1. The summed E-state index contributed by atoms with van der Waals surface area (Å²) < 4.78 is 27.9. The molecule has 0 spiro atoms. The molecule has 14 heteroatoms. The van der Waals surface area contributed by atoms with Gasteiger partial charge in [-0.2, -0.15) is 0 Å². The van der Waals surface area contributed by atoms with E-state index in [1.54, 1.807) is 4.90 Å². The number of nitrogens with one attached hydrogen (secondary N) is 4. The molecule has 0 unspecified atom stereocenters. The first-order valence-electron chi connectivity index (χ1n) is 18.4. The number of Topliss-reactive ketones (excluding diaryl/α,β-unsaturated/α-hetero) is 1. The molecule has 6 rings (SSSR count). The third-order valence-electron chi connectivity index (χ3n) is 12.0. The van der Waals surface area contributed by atoms with Gasteiger partial charge in [0.2, 0.25) is 27.6 Å². The zero-order valence-electron chi connectivity index (χ0n) is 29.8. The van der Waals surface area contributed by atoms with Crippen molar-refractivity contribution in [2.45, 2.75) is 135 Å². The van der Waals surface area contributed by atoms with E-state index in [0.717, 1.165) is 51.4 Å². The van der Waals surface area contributed by atoms with Crippen LogP contribution in [0.15, 0.2) is 0 Å². The van der Waals surface area contributed by atoms with E-state index in [2.05, 4.69) is 35.1 Å². The van der Waals surface area contributed by atoms with E-state index in [0.29, 0.717) is 38.9 Å². The lowest BCUT2D eigenvalue weighted by atomic mass is 9.83. The van der Waals surface area contributed by atoms with E-state index in [-0.39, 0.29) is 35.0 Å². The van der Waals surface area contributed by atoms with Gasteiger partial charge in [0.15, 0.2) is 0 Å². The number of likely N-dealkylation sites (tertiary alicyclic amines) is 1. The summed E-state index contributed by atoms with van der Waals surface area (Å²) in [6.07, 6.45) is 8.43. The zero-order valence-corrected chi connectivity index (χ0v) is 30.6. The van der Waals surface area contributed by atoms with Crippen LogP contribution in [0.25, 0.3) is 0 Å².